The van der Waals surface area contributed by atoms with Crippen molar-refractivity contribution in [2.75, 3.05) is 12.3 Å². The highest BCUT2D eigenvalue weighted by atomic mass is 32.1. The van der Waals surface area contributed by atoms with E-state index < -0.39 is 0 Å². The molecule has 0 bridgehead atoms. The predicted molar refractivity (Wildman–Crippen MR) is 79.6 cm³/mol. The monoisotopic (exact) mass is 302 g/mol. The van der Waals surface area contributed by atoms with Gasteiger partial charge in [0.05, 0.1) is 30.2 Å². The van der Waals surface area contributed by atoms with Gasteiger partial charge in [0.25, 0.3) is 5.91 Å². The van der Waals surface area contributed by atoms with E-state index >= 15 is 0 Å². The second kappa shape index (κ2) is 5.53. The van der Waals surface area contributed by atoms with Crippen LogP contribution in [0, 0.1) is 0 Å². The number of carbonyl (C=O) groups is 2. The van der Waals surface area contributed by atoms with Crippen LogP contribution in [-0.2, 0) is 17.9 Å². The van der Waals surface area contributed by atoms with Gasteiger partial charge in [-0.3, -0.25) is 9.59 Å². The maximum absolute atomic E-state index is 12.1. The number of carbonyl (C=O) groups excluding carboxylic acids is 2. The number of aromatic nitrogens is 1. The topological polar surface area (TPSA) is 88.3 Å². The van der Waals surface area contributed by atoms with Crippen LogP contribution in [0.5, 0.6) is 0 Å². The number of rotatable bonds is 3. The first-order chi connectivity index (χ1) is 10.1. The van der Waals surface area contributed by atoms with Crippen LogP contribution in [0.4, 0.5) is 5.13 Å². The van der Waals surface area contributed by atoms with E-state index in [0.717, 1.165) is 10.6 Å². The van der Waals surface area contributed by atoms with Crippen molar-refractivity contribution in [1.29, 1.82) is 0 Å². The van der Waals surface area contributed by atoms with Crippen molar-refractivity contribution in [3.05, 3.63) is 46.5 Å². The molecule has 7 heteroatoms. The van der Waals surface area contributed by atoms with Gasteiger partial charge in [0, 0.05) is 5.56 Å². The predicted octanol–water partition coefficient (Wildman–Crippen LogP) is 0.997. The molecule has 0 unspecified atom stereocenters. The van der Waals surface area contributed by atoms with Crippen LogP contribution in [0.3, 0.4) is 0 Å². The molecule has 3 rings (SSSR count). The molecule has 3 N–H and O–H groups in total. The molecule has 0 fully saturated rings. The molecular formula is C14H14N4O2S. The van der Waals surface area contributed by atoms with Gasteiger partial charge in [0.2, 0.25) is 5.91 Å². The molecule has 108 valence electrons. The van der Waals surface area contributed by atoms with Gasteiger partial charge >= 0.3 is 0 Å². The Balaban J connectivity index is 1.54. The van der Waals surface area contributed by atoms with E-state index in [-0.39, 0.29) is 18.4 Å². The zero-order chi connectivity index (χ0) is 14.8. The lowest BCUT2D eigenvalue weighted by molar-refractivity contribution is -0.130. The van der Waals surface area contributed by atoms with E-state index in [1.165, 1.54) is 11.3 Å². The second-order valence-electron chi connectivity index (χ2n) is 4.72. The van der Waals surface area contributed by atoms with Gasteiger partial charge in [-0.25, -0.2) is 4.98 Å². The minimum Gasteiger partial charge on any atom is -0.375 e. The molecule has 2 heterocycles. The summed E-state index contributed by atoms with van der Waals surface area (Å²) < 4.78 is 0. The number of thiazole rings is 1. The summed E-state index contributed by atoms with van der Waals surface area (Å²) >= 11 is 1.40. The van der Waals surface area contributed by atoms with Gasteiger partial charge in [-0.2, -0.15) is 0 Å². The molecule has 1 aromatic heterocycles. The highest BCUT2D eigenvalue weighted by Gasteiger charge is 2.26. The first-order valence-corrected chi connectivity index (χ1v) is 7.30. The van der Waals surface area contributed by atoms with Crippen LogP contribution >= 0.6 is 11.3 Å². The van der Waals surface area contributed by atoms with Gasteiger partial charge in [-0.1, -0.05) is 18.2 Å². The number of nitrogen functional groups attached to an aromatic ring is 1. The van der Waals surface area contributed by atoms with Crippen molar-refractivity contribution in [2.45, 2.75) is 13.1 Å². The first-order valence-electron chi connectivity index (χ1n) is 6.48. The molecule has 0 saturated heterocycles. The Morgan fingerprint density at radius 1 is 1.29 bits per heavy atom. The quantitative estimate of drug-likeness (QED) is 0.885. The lowest BCUT2D eigenvalue weighted by atomic mass is 10.2. The number of fused-ring (bicyclic) bond motifs is 1. The Bertz CT molecular complexity index is 660. The van der Waals surface area contributed by atoms with Crippen molar-refractivity contribution < 1.29 is 9.59 Å². The van der Waals surface area contributed by atoms with Crippen LogP contribution in [0.1, 0.15) is 20.9 Å². The third-order valence-electron chi connectivity index (χ3n) is 3.26. The summed E-state index contributed by atoms with van der Waals surface area (Å²) in [6.07, 6.45) is 0. The average Bonchev–Trinajstić information content (AvgIpc) is 3.02. The molecule has 0 atom stereocenters. The van der Waals surface area contributed by atoms with E-state index in [0.29, 0.717) is 23.8 Å². The van der Waals surface area contributed by atoms with Crippen molar-refractivity contribution in [3.8, 4) is 0 Å². The van der Waals surface area contributed by atoms with E-state index in [1.54, 1.807) is 29.2 Å². The molecule has 21 heavy (non-hydrogen) atoms. The highest BCUT2D eigenvalue weighted by molar-refractivity contribution is 7.15. The van der Waals surface area contributed by atoms with Crippen molar-refractivity contribution in [3.63, 3.8) is 0 Å². The lowest BCUT2D eigenvalue weighted by Gasteiger charge is -2.15. The number of nitrogens with one attached hydrogen (secondary N) is 1. The minimum absolute atomic E-state index is 0.0157. The molecule has 2 aromatic rings. The maximum atomic E-state index is 12.1. The smallest absolute Gasteiger partial charge is 0.251 e. The first kappa shape index (κ1) is 13.6. The second-order valence-corrected chi connectivity index (χ2v) is 5.84. The lowest BCUT2D eigenvalue weighted by Crippen LogP contribution is -2.37. The number of hydrogen-bond donors (Lipinski definition) is 2. The van der Waals surface area contributed by atoms with Crippen LogP contribution in [0.25, 0.3) is 0 Å². The van der Waals surface area contributed by atoms with Crippen molar-refractivity contribution in [2.24, 2.45) is 0 Å². The zero-order valence-electron chi connectivity index (χ0n) is 11.2. The van der Waals surface area contributed by atoms with Crippen LogP contribution in [0.2, 0.25) is 0 Å². The van der Waals surface area contributed by atoms with Crippen molar-refractivity contribution >= 4 is 28.3 Å². The molecule has 6 nitrogen and oxygen atoms in total. The Hall–Kier alpha value is -2.41. The van der Waals surface area contributed by atoms with Gasteiger partial charge in [0.15, 0.2) is 5.13 Å². The normalized spacial score (nSPS) is 13.0. The summed E-state index contributed by atoms with van der Waals surface area (Å²) in [5, 5.41) is 3.17. The van der Waals surface area contributed by atoms with E-state index in [4.69, 9.17) is 5.73 Å². The standard InChI is InChI=1S/C14H14N4O2S/c15-14-17-10-7-18(8-11(10)21-14)12(19)6-16-13(20)9-4-2-1-3-5-9/h1-5H,6-8H2,(H2,15,17)(H,16,20). The fourth-order valence-corrected chi connectivity index (χ4v) is 3.05. The summed E-state index contributed by atoms with van der Waals surface area (Å²) in [7, 11) is 0. The Kier molecular flexibility index (Phi) is 3.57. The van der Waals surface area contributed by atoms with Gasteiger partial charge in [-0.05, 0) is 12.1 Å². The summed E-state index contributed by atoms with van der Waals surface area (Å²) in [5.41, 5.74) is 7.02. The molecule has 0 aliphatic carbocycles. The SMILES string of the molecule is Nc1nc2c(s1)CN(C(=O)CNC(=O)c1ccccc1)C2. The number of anilines is 1. The molecule has 2 amide bonds. The van der Waals surface area contributed by atoms with E-state index in [9.17, 15) is 9.59 Å². The number of nitrogens with two attached hydrogens (primary N) is 1. The molecular weight excluding hydrogens is 288 g/mol. The van der Waals surface area contributed by atoms with Crippen LogP contribution < -0.4 is 11.1 Å². The molecule has 0 spiro atoms. The minimum atomic E-state index is -0.250. The maximum Gasteiger partial charge on any atom is 0.251 e. The van der Waals surface area contributed by atoms with Gasteiger partial charge in [-0.15, -0.1) is 11.3 Å². The third kappa shape index (κ3) is 2.87. The number of hydrogen-bond acceptors (Lipinski definition) is 5. The van der Waals surface area contributed by atoms with Crippen LogP contribution in [-0.4, -0.2) is 28.2 Å². The van der Waals surface area contributed by atoms with Gasteiger partial charge in [0.1, 0.15) is 0 Å². The largest absolute Gasteiger partial charge is 0.375 e. The molecule has 1 aliphatic rings. The van der Waals surface area contributed by atoms with Crippen LogP contribution in [0.15, 0.2) is 30.3 Å². The highest BCUT2D eigenvalue weighted by Crippen LogP contribution is 2.29. The van der Waals surface area contributed by atoms with Gasteiger partial charge < -0.3 is 16.0 Å². The molecule has 0 radical (unpaired) electrons. The third-order valence-corrected chi connectivity index (χ3v) is 4.17. The van der Waals surface area contributed by atoms with E-state index in [1.807, 2.05) is 6.07 Å². The summed E-state index contributed by atoms with van der Waals surface area (Å²) in [5.74, 6) is -0.372. The summed E-state index contributed by atoms with van der Waals surface area (Å²) in [6, 6.07) is 8.82. The Morgan fingerprint density at radius 3 is 2.76 bits per heavy atom. The Morgan fingerprint density at radius 2 is 2.05 bits per heavy atom. The fraction of sp³-hybridized carbons (Fsp3) is 0.214. The van der Waals surface area contributed by atoms with E-state index in [2.05, 4.69) is 10.3 Å². The number of benzene rings is 1. The number of amides is 2. The molecule has 0 saturated carbocycles. The Labute approximate surface area is 125 Å². The summed E-state index contributed by atoms with van der Waals surface area (Å²) in [4.78, 5) is 30.8. The summed E-state index contributed by atoms with van der Waals surface area (Å²) in [6.45, 7) is 0.964. The van der Waals surface area contributed by atoms with Crippen molar-refractivity contribution in [1.82, 2.24) is 15.2 Å². The average molecular weight is 302 g/mol. The molecule has 1 aromatic carbocycles. The number of nitrogens with zero attached hydrogens (tertiary/aromatic N) is 2. The fourth-order valence-electron chi connectivity index (χ4n) is 2.20. The molecule has 1 aliphatic heterocycles. The zero-order valence-corrected chi connectivity index (χ0v) is 12.0.